The molecule has 3 heteroatoms. The quantitative estimate of drug-likeness (QED) is 0.554. The van der Waals surface area contributed by atoms with Gasteiger partial charge in [-0.15, -0.1) is 0 Å². The van der Waals surface area contributed by atoms with Gasteiger partial charge in [0.15, 0.2) is 0 Å². The van der Waals surface area contributed by atoms with E-state index < -0.39 is 0 Å². The van der Waals surface area contributed by atoms with Gasteiger partial charge in [0, 0.05) is 13.3 Å². The van der Waals surface area contributed by atoms with E-state index in [0.29, 0.717) is 0 Å². The molecule has 19 heavy (non-hydrogen) atoms. The first-order valence-electron chi connectivity index (χ1n) is 7.25. The highest BCUT2D eigenvalue weighted by molar-refractivity contribution is 5.66. The van der Waals surface area contributed by atoms with E-state index in [9.17, 15) is 4.79 Å². The van der Waals surface area contributed by atoms with Gasteiger partial charge in [0.05, 0.1) is 6.10 Å². The number of carbonyl (C=O) groups is 1. The number of hydrogen-bond donors (Lipinski definition) is 0. The molecule has 2 unspecified atom stereocenters. The first-order valence-corrected chi connectivity index (χ1v) is 7.25. The van der Waals surface area contributed by atoms with Crippen molar-refractivity contribution in [1.29, 1.82) is 0 Å². The third-order valence-electron chi connectivity index (χ3n) is 3.48. The largest absolute Gasteiger partial charge is 0.436 e. The number of ether oxygens (including phenoxy) is 2. The average Bonchev–Trinajstić information content (AvgIpc) is 2.38. The lowest BCUT2D eigenvalue weighted by molar-refractivity contribution is -0.195. The van der Waals surface area contributed by atoms with Crippen molar-refractivity contribution in [2.75, 3.05) is 0 Å². The summed E-state index contributed by atoms with van der Waals surface area (Å²) >= 11 is 0. The first kappa shape index (κ1) is 16.0. The minimum absolute atomic E-state index is 0.0870. The van der Waals surface area contributed by atoms with Gasteiger partial charge in [-0.1, -0.05) is 31.6 Å². The van der Waals surface area contributed by atoms with E-state index in [1.165, 1.54) is 18.1 Å². The number of rotatable bonds is 5. The van der Waals surface area contributed by atoms with Gasteiger partial charge in [-0.25, -0.2) is 0 Å². The molecule has 1 aliphatic rings. The van der Waals surface area contributed by atoms with E-state index in [2.05, 4.69) is 32.9 Å². The van der Waals surface area contributed by atoms with Crippen LogP contribution in [0.15, 0.2) is 23.3 Å². The lowest BCUT2D eigenvalue weighted by Gasteiger charge is -2.30. The summed E-state index contributed by atoms with van der Waals surface area (Å²) in [7, 11) is 0. The Morgan fingerprint density at radius 2 is 1.95 bits per heavy atom. The van der Waals surface area contributed by atoms with Gasteiger partial charge in [0.25, 0.3) is 0 Å². The van der Waals surface area contributed by atoms with E-state index in [-0.39, 0.29) is 18.4 Å². The lowest BCUT2D eigenvalue weighted by Crippen LogP contribution is -2.32. The molecule has 1 rings (SSSR count). The second-order valence-corrected chi connectivity index (χ2v) is 5.06. The summed E-state index contributed by atoms with van der Waals surface area (Å²) in [5.74, 6) is -0.269. The molecule has 1 fully saturated rings. The summed E-state index contributed by atoms with van der Waals surface area (Å²) in [6.07, 6.45) is 8.92. The topological polar surface area (TPSA) is 35.5 Å². The second kappa shape index (κ2) is 8.16. The van der Waals surface area contributed by atoms with Gasteiger partial charge in [-0.3, -0.25) is 4.79 Å². The van der Waals surface area contributed by atoms with Crippen LogP contribution in [0.5, 0.6) is 0 Å². The highest BCUT2D eigenvalue weighted by Gasteiger charge is 2.25. The summed E-state index contributed by atoms with van der Waals surface area (Å²) in [4.78, 5) is 11.0. The molecule has 0 aromatic heterocycles. The molecule has 2 atom stereocenters. The van der Waals surface area contributed by atoms with E-state index >= 15 is 0 Å². The van der Waals surface area contributed by atoms with Crippen molar-refractivity contribution in [3.8, 4) is 0 Å². The van der Waals surface area contributed by atoms with Gasteiger partial charge in [0.2, 0.25) is 6.29 Å². The Labute approximate surface area is 116 Å². The van der Waals surface area contributed by atoms with Crippen LogP contribution < -0.4 is 0 Å². The fraction of sp³-hybridized carbons (Fsp3) is 0.688. The number of carbonyl (C=O) groups excluding carboxylic acids is 1. The van der Waals surface area contributed by atoms with Gasteiger partial charge in [-0.2, -0.15) is 0 Å². The molecule has 0 bridgehead atoms. The van der Waals surface area contributed by atoms with Crippen LogP contribution in [-0.4, -0.2) is 18.4 Å². The molecular formula is C16H26O3. The molecule has 0 N–H and O–H groups in total. The van der Waals surface area contributed by atoms with Crippen LogP contribution in [0.4, 0.5) is 0 Å². The third kappa shape index (κ3) is 5.60. The van der Waals surface area contributed by atoms with Crippen molar-refractivity contribution in [3.05, 3.63) is 23.3 Å². The Balaban J connectivity index is 2.67. The van der Waals surface area contributed by atoms with Crippen LogP contribution in [0.25, 0.3) is 0 Å². The van der Waals surface area contributed by atoms with Gasteiger partial charge in [0.1, 0.15) is 0 Å². The van der Waals surface area contributed by atoms with Crippen molar-refractivity contribution < 1.29 is 14.3 Å². The Kier molecular flexibility index (Phi) is 6.85. The van der Waals surface area contributed by atoms with Gasteiger partial charge >= 0.3 is 5.97 Å². The predicted molar refractivity (Wildman–Crippen MR) is 76.7 cm³/mol. The summed E-state index contributed by atoms with van der Waals surface area (Å²) in [5.41, 5.74) is 2.64. The molecule has 1 aliphatic heterocycles. The third-order valence-corrected chi connectivity index (χ3v) is 3.48. The van der Waals surface area contributed by atoms with Crippen LogP contribution in [0.2, 0.25) is 0 Å². The first-order chi connectivity index (χ1) is 9.06. The number of hydrogen-bond acceptors (Lipinski definition) is 3. The lowest BCUT2D eigenvalue weighted by atomic mass is 9.98. The molecule has 0 radical (unpaired) electrons. The van der Waals surface area contributed by atoms with Crippen LogP contribution >= 0.6 is 0 Å². The highest BCUT2D eigenvalue weighted by atomic mass is 16.7. The fourth-order valence-electron chi connectivity index (χ4n) is 2.15. The molecule has 0 saturated carbocycles. The molecule has 0 amide bonds. The highest BCUT2D eigenvalue weighted by Crippen LogP contribution is 2.26. The molecule has 1 saturated heterocycles. The van der Waals surface area contributed by atoms with Crippen molar-refractivity contribution in [2.45, 2.75) is 72.2 Å². The number of allylic oxidation sites excluding steroid dienone is 3. The zero-order chi connectivity index (χ0) is 14.3. The summed E-state index contributed by atoms with van der Waals surface area (Å²) in [6, 6.07) is 0. The second-order valence-electron chi connectivity index (χ2n) is 5.06. The molecule has 0 aromatic rings. The van der Waals surface area contributed by atoms with Crippen molar-refractivity contribution in [2.24, 2.45) is 0 Å². The average molecular weight is 266 g/mol. The molecule has 0 aliphatic carbocycles. The van der Waals surface area contributed by atoms with Crippen LogP contribution in [-0.2, 0) is 14.3 Å². The maximum absolute atomic E-state index is 11.0. The maximum Gasteiger partial charge on any atom is 0.304 e. The summed E-state index contributed by atoms with van der Waals surface area (Å²) in [6.45, 7) is 7.85. The molecular weight excluding hydrogens is 240 g/mol. The van der Waals surface area contributed by atoms with Crippen molar-refractivity contribution in [1.82, 2.24) is 0 Å². The Bertz CT molecular complexity index is 355. The fourth-order valence-corrected chi connectivity index (χ4v) is 2.15. The molecule has 0 aromatic carbocycles. The monoisotopic (exact) mass is 266 g/mol. The summed E-state index contributed by atoms with van der Waals surface area (Å²) < 4.78 is 11.0. The SMILES string of the molecule is CC/C(C)=C\C=C(/CC)C1CCCC(OC(C)=O)O1. The van der Waals surface area contributed by atoms with Crippen molar-refractivity contribution >= 4 is 5.97 Å². The number of esters is 1. The van der Waals surface area contributed by atoms with E-state index in [0.717, 1.165) is 32.1 Å². The maximum atomic E-state index is 11.0. The van der Waals surface area contributed by atoms with E-state index in [1.807, 2.05) is 0 Å². The van der Waals surface area contributed by atoms with Crippen molar-refractivity contribution in [3.63, 3.8) is 0 Å². The molecule has 3 nitrogen and oxygen atoms in total. The van der Waals surface area contributed by atoms with Crippen LogP contribution in [0.3, 0.4) is 0 Å². The normalized spacial score (nSPS) is 25.3. The Hall–Kier alpha value is -1.09. The molecule has 0 spiro atoms. The zero-order valence-corrected chi connectivity index (χ0v) is 12.6. The minimum atomic E-state index is -0.373. The van der Waals surface area contributed by atoms with Gasteiger partial charge in [-0.05, 0) is 38.2 Å². The zero-order valence-electron chi connectivity index (χ0n) is 12.6. The Morgan fingerprint density at radius 3 is 2.53 bits per heavy atom. The van der Waals surface area contributed by atoms with Crippen LogP contribution in [0.1, 0.15) is 59.8 Å². The van der Waals surface area contributed by atoms with E-state index in [4.69, 9.17) is 9.47 Å². The van der Waals surface area contributed by atoms with Crippen LogP contribution in [0, 0.1) is 0 Å². The van der Waals surface area contributed by atoms with E-state index in [1.54, 1.807) is 0 Å². The minimum Gasteiger partial charge on any atom is -0.436 e. The standard InChI is InChI=1S/C16H26O3/c1-5-12(3)10-11-14(6-2)15-8-7-9-16(19-15)18-13(4)17/h10-11,15-16H,5-9H2,1-4H3/b12-10-,14-11+. The molecule has 108 valence electrons. The van der Waals surface area contributed by atoms with Gasteiger partial charge < -0.3 is 9.47 Å². The molecule has 1 heterocycles. The smallest absolute Gasteiger partial charge is 0.304 e. The predicted octanol–water partition coefficient (Wildman–Crippen LogP) is 4.14. The Morgan fingerprint density at radius 1 is 1.21 bits per heavy atom. The summed E-state index contributed by atoms with van der Waals surface area (Å²) in [5, 5.41) is 0.